The summed E-state index contributed by atoms with van der Waals surface area (Å²) in [5.74, 6) is -0.101. The number of methoxy groups -OCH3 is 1. The van der Waals surface area contributed by atoms with E-state index in [9.17, 15) is 9.90 Å². The summed E-state index contributed by atoms with van der Waals surface area (Å²) in [6.45, 7) is 0. The maximum atomic E-state index is 11.3. The van der Waals surface area contributed by atoms with Gasteiger partial charge < -0.3 is 9.84 Å². The van der Waals surface area contributed by atoms with Crippen molar-refractivity contribution in [2.75, 3.05) is 7.11 Å². The Morgan fingerprint density at radius 2 is 1.88 bits per heavy atom. The molecule has 0 spiro atoms. The number of hydrogen-bond acceptors (Lipinski definition) is 3. The normalized spacial score (nSPS) is 24.4. The van der Waals surface area contributed by atoms with Crippen molar-refractivity contribution in [1.29, 1.82) is 0 Å². The van der Waals surface area contributed by atoms with E-state index in [4.69, 9.17) is 0 Å². The van der Waals surface area contributed by atoms with Gasteiger partial charge in [0.15, 0.2) is 0 Å². The average Bonchev–Trinajstić information content (AvgIpc) is 2.39. The number of carbonyl (C=O) groups excluding carboxylic acids is 1. The molecule has 1 N–H and O–H groups in total. The van der Waals surface area contributed by atoms with Crippen molar-refractivity contribution in [3.05, 3.63) is 35.4 Å². The van der Waals surface area contributed by atoms with Gasteiger partial charge in [-0.05, 0) is 30.5 Å². The van der Waals surface area contributed by atoms with Gasteiger partial charge in [0.2, 0.25) is 0 Å². The number of carbonyl (C=O) groups is 1. The molecule has 3 nitrogen and oxygen atoms in total. The van der Waals surface area contributed by atoms with E-state index in [1.54, 1.807) is 12.1 Å². The molecule has 17 heavy (non-hydrogen) atoms. The molecule has 3 heteroatoms. The molecule has 2 rings (SSSR count). The summed E-state index contributed by atoms with van der Waals surface area (Å²) in [6.07, 6.45) is 3.94. The molecule has 1 aromatic carbocycles. The van der Waals surface area contributed by atoms with Crippen LogP contribution >= 0.6 is 0 Å². The second-order valence-electron chi connectivity index (χ2n) is 4.57. The Labute approximate surface area is 101 Å². The van der Waals surface area contributed by atoms with Gasteiger partial charge in [-0.1, -0.05) is 25.0 Å². The predicted octanol–water partition coefficient (Wildman–Crippen LogP) is 2.49. The van der Waals surface area contributed by atoms with Crippen molar-refractivity contribution in [2.45, 2.75) is 37.7 Å². The number of ether oxygens (including phenoxy) is 1. The first-order chi connectivity index (χ1) is 8.22. The summed E-state index contributed by atoms with van der Waals surface area (Å²) in [5.41, 5.74) is 1.67. The Morgan fingerprint density at radius 3 is 2.47 bits per heavy atom. The highest BCUT2D eigenvalue weighted by Gasteiger charge is 2.24. The maximum Gasteiger partial charge on any atom is 0.337 e. The van der Waals surface area contributed by atoms with E-state index in [0.717, 1.165) is 24.8 Å². The minimum absolute atomic E-state index is 0.218. The zero-order valence-electron chi connectivity index (χ0n) is 10.1. The zero-order chi connectivity index (χ0) is 12.3. The molecule has 0 heterocycles. The number of esters is 1. The highest BCUT2D eigenvalue weighted by molar-refractivity contribution is 5.89. The van der Waals surface area contributed by atoms with Crippen LogP contribution in [0.1, 0.15) is 47.5 Å². The Morgan fingerprint density at radius 1 is 1.24 bits per heavy atom. The standard InChI is InChI=1S/C14H18O3/c1-17-14(16)11-8-6-10(7-9-11)12-4-2-3-5-13(12)15/h6-9,12-13,15H,2-5H2,1H3/t12-,13+/m0/s1. The molecule has 1 aliphatic carbocycles. The van der Waals surface area contributed by atoms with Crippen molar-refractivity contribution in [3.8, 4) is 0 Å². The fraction of sp³-hybridized carbons (Fsp3) is 0.500. The Balaban J connectivity index is 2.14. The fourth-order valence-electron chi connectivity index (χ4n) is 2.48. The summed E-state index contributed by atoms with van der Waals surface area (Å²) in [6, 6.07) is 7.38. The second-order valence-corrected chi connectivity index (χ2v) is 4.57. The van der Waals surface area contributed by atoms with Crippen LogP contribution in [0, 0.1) is 0 Å². The first kappa shape index (κ1) is 12.1. The molecule has 1 fully saturated rings. The van der Waals surface area contributed by atoms with Crippen LogP contribution < -0.4 is 0 Å². The topological polar surface area (TPSA) is 46.5 Å². The van der Waals surface area contributed by atoms with Crippen LogP contribution in [0.3, 0.4) is 0 Å². The predicted molar refractivity (Wildman–Crippen MR) is 65.0 cm³/mol. The number of aliphatic hydroxyl groups excluding tert-OH is 1. The van der Waals surface area contributed by atoms with E-state index >= 15 is 0 Å². The summed E-state index contributed by atoms with van der Waals surface area (Å²) >= 11 is 0. The molecule has 0 aliphatic heterocycles. The van der Waals surface area contributed by atoms with Crippen LogP contribution in [-0.4, -0.2) is 24.3 Å². The van der Waals surface area contributed by atoms with E-state index in [2.05, 4.69) is 4.74 Å². The monoisotopic (exact) mass is 234 g/mol. The number of benzene rings is 1. The molecule has 0 amide bonds. The fourth-order valence-corrected chi connectivity index (χ4v) is 2.48. The maximum absolute atomic E-state index is 11.3. The van der Waals surface area contributed by atoms with Crippen LogP contribution in [0.4, 0.5) is 0 Å². The van der Waals surface area contributed by atoms with Crippen LogP contribution in [-0.2, 0) is 4.74 Å². The van der Waals surface area contributed by atoms with E-state index < -0.39 is 0 Å². The van der Waals surface area contributed by atoms with Crippen LogP contribution in [0.25, 0.3) is 0 Å². The molecule has 0 aromatic heterocycles. The molecule has 2 atom stereocenters. The van der Waals surface area contributed by atoms with E-state index in [1.807, 2.05) is 12.1 Å². The summed E-state index contributed by atoms with van der Waals surface area (Å²) in [4.78, 5) is 11.3. The van der Waals surface area contributed by atoms with Crippen molar-refractivity contribution in [3.63, 3.8) is 0 Å². The molecule has 92 valence electrons. The van der Waals surface area contributed by atoms with Gasteiger partial charge in [-0.3, -0.25) is 0 Å². The largest absolute Gasteiger partial charge is 0.465 e. The molecular formula is C14H18O3. The molecule has 1 saturated carbocycles. The lowest BCUT2D eigenvalue weighted by Crippen LogP contribution is -2.22. The van der Waals surface area contributed by atoms with Crippen LogP contribution in [0.2, 0.25) is 0 Å². The third kappa shape index (κ3) is 2.67. The molecule has 0 radical (unpaired) electrons. The summed E-state index contributed by atoms with van der Waals surface area (Å²) in [5, 5.41) is 9.96. The SMILES string of the molecule is COC(=O)c1ccc([C@@H]2CCCC[C@H]2O)cc1. The molecule has 1 aromatic rings. The number of aliphatic hydroxyl groups is 1. The molecule has 0 unspecified atom stereocenters. The lowest BCUT2D eigenvalue weighted by molar-refractivity contribution is 0.0600. The van der Waals surface area contributed by atoms with Gasteiger partial charge >= 0.3 is 5.97 Å². The van der Waals surface area contributed by atoms with Gasteiger partial charge in [0.25, 0.3) is 0 Å². The van der Waals surface area contributed by atoms with Crippen molar-refractivity contribution >= 4 is 5.97 Å². The zero-order valence-corrected chi connectivity index (χ0v) is 10.1. The molecule has 0 bridgehead atoms. The Hall–Kier alpha value is -1.35. The van der Waals surface area contributed by atoms with Gasteiger partial charge in [0.05, 0.1) is 18.8 Å². The van der Waals surface area contributed by atoms with E-state index in [0.29, 0.717) is 5.56 Å². The summed E-state index contributed by atoms with van der Waals surface area (Å²) in [7, 11) is 1.38. The van der Waals surface area contributed by atoms with Crippen LogP contribution in [0.15, 0.2) is 24.3 Å². The van der Waals surface area contributed by atoms with E-state index in [1.165, 1.54) is 13.5 Å². The highest BCUT2D eigenvalue weighted by Crippen LogP contribution is 2.33. The second kappa shape index (κ2) is 5.32. The lowest BCUT2D eigenvalue weighted by atomic mass is 9.81. The van der Waals surface area contributed by atoms with Gasteiger partial charge in [-0.2, -0.15) is 0 Å². The van der Waals surface area contributed by atoms with Crippen LogP contribution in [0.5, 0.6) is 0 Å². The highest BCUT2D eigenvalue weighted by atomic mass is 16.5. The Kier molecular flexibility index (Phi) is 3.79. The number of rotatable bonds is 2. The first-order valence-corrected chi connectivity index (χ1v) is 6.08. The van der Waals surface area contributed by atoms with Gasteiger partial charge in [-0.15, -0.1) is 0 Å². The van der Waals surface area contributed by atoms with E-state index in [-0.39, 0.29) is 18.0 Å². The molecule has 0 saturated heterocycles. The third-order valence-corrected chi connectivity index (χ3v) is 3.49. The third-order valence-electron chi connectivity index (χ3n) is 3.49. The minimum Gasteiger partial charge on any atom is -0.465 e. The van der Waals surface area contributed by atoms with Gasteiger partial charge in [-0.25, -0.2) is 4.79 Å². The number of hydrogen-bond donors (Lipinski definition) is 1. The Bertz CT molecular complexity index is 383. The van der Waals surface area contributed by atoms with Crippen molar-refractivity contribution < 1.29 is 14.6 Å². The van der Waals surface area contributed by atoms with Gasteiger partial charge in [0.1, 0.15) is 0 Å². The van der Waals surface area contributed by atoms with Gasteiger partial charge in [0, 0.05) is 5.92 Å². The smallest absolute Gasteiger partial charge is 0.337 e. The molecule has 1 aliphatic rings. The van der Waals surface area contributed by atoms with Crippen molar-refractivity contribution in [1.82, 2.24) is 0 Å². The molecular weight excluding hydrogens is 216 g/mol. The summed E-state index contributed by atoms with van der Waals surface area (Å²) < 4.78 is 4.65. The quantitative estimate of drug-likeness (QED) is 0.800. The lowest BCUT2D eigenvalue weighted by Gasteiger charge is -2.27. The average molecular weight is 234 g/mol. The van der Waals surface area contributed by atoms with Crippen molar-refractivity contribution in [2.24, 2.45) is 0 Å². The minimum atomic E-state index is -0.319. The first-order valence-electron chi connectivity index (χ1n) is 6.08.